The summed E-state index contributed by atoms with van der Waals surface area (Å²) in [6.07, 6.45) is 0.773. The predicted molar refractivity (Wildman–Crippen MR) is 92.6 cm³/mol. The van der Waals surface area contributed by atoms with Gasteiger partial charge in [-0.1, -0.05) is 34.1 Å². The number of urea groups is 1. The minimum Gasteiger partial charge on any atom is -0.497 e. The first kappa shape index (κ1) is 16.4. The molecule has 2 amide bonds. The van der Waals surface area contributed by atoms with Crippen LogP contribution in [0.25, 0.3) is 0 Å². The Bertz CT molecular complexity index is 642. The Labute approximate surface area is 139 Å². The summed E-state index contributed by atoms with van der Waals surface area (Å²) in [5, 5.41) is 5.66. The van der Waals surface area contributed by atoms with Gasteiger partial charge in [-0.05, 0) is 48.7 Å². The van der Waals surface area contributed by atoms with E-state index in [1.54, 1.807) is 7.11 Å². The van der Waals surface area contributed by atoms with Crippen LogP contribution < -0.4 is 15.4 Å². The molecular weight excluding hydrogens is 344 g/mol. The summed E-state index contributed by atoms with van der Waals surface area (Å²) in [7, 11) is 1.64. The standard InChI is InChI=1S/C17H19BrN2O2/c1-12-3-6-14(11-16(12)18)20-17(21)19-10-9-13-4-7-15(22-2)8-5-13/h3-8,11H,9-10H2,1-2H3,(H2,19,20,21). The minimum atomic E-state index is -0.204. The van der Waals surface area contributed by atoms with Gasteiger partial charge < -0.3 is 15.4 Å². The Balaban J connectivity index is 1.78. The van der Waals surface area contributed by atoms with E-state index in [2.05, 4.69) is 26.6 Å². The van der Waals surface area contributed by atoms with Crippen LogP contribution in [0.15, 0.2) is 46.9 Å². The van der Waals surface area contributed by atoms with Crippen molar-refractivity contribution in [3.8, 4) is 5.75 Å². The summed E-state index contributed by atoms with van der Waals surface area (Å²) in [6.45, 7) is 2.58. The molecule has 0 radical (unpaired) electrons. The summed E-state index contributed by atoms with van der Waals surface area (Å²) in [5.74, 6) is 0.833. The Hall–Kier alpha value is -2.01. The van der Waals surface area contributed by atoms with Gasteiger partial charge in [-0.15, -0.1) is 0 Å². The fourth-order valence-electron chi connectivity index (χ4n) is 1.96. The number of rotatable bonds is 5. The molecule has 4 nitrogen and oxygen atoms in total. The van der Waals surface area contributed by atoms with Crippen molar-refractivity contribution in [2.45, 2.75) is 13.3 Å². The lowest BCUT2D eigenvalue weighted by atomic mass is 10.1. The lowest BCUT2D eigenvalue weighted by molar-refractivity contribution is 0.252. The molecule has 2 aromatic rings. The van der Waals surface area contributed by atoms with E-state index in [1.807, 2.05) is 49.4 Å². The van der Waals surface area contributed by atoms with Gasteiger partial charge in [0.25, 0.3) is 0 Å². The average molecular weight is 363 g/mol. The second-order valence-electron chi connectivity index (χ2n) is 4.94. The van der Waals surface area contributed by atoms with Crippen molar-refractivity contribution in [1.82, 2.24) is 5.32 Å². The summed E-state index contributed by atoms with van der Waals surface area (Å²) < 4.78 is 6.09. The van der Waals surface area contributed by atoms with Crippen molar-refractivity contribution in [3.63, 3.8) is 0 Å². The molecular formula is C17H19BrN2O2. The van der Waals surface area contributed by atoms with E-state index >= 15 is 0 Å². The van der Waals surface area contributed by atoms with Crippen LogP contribution in [0.4, 0.5) is 10.5 Å². The van der Waals surface area contributed by atoms with Crippen molar-refractivity contribution >= 4 is 27.6 Å². The normalized spacial score (nSPS) is 10.1. The number of carbonyl (C=O) groups is 1. The first-order chi connectivity index (χ1) is 10.6. The third kappa shape index (κ3) is 4.77. The Morgan fingerprint density at radius 2 is 1.91 bits per heavy atom. The van der Waals surface area contributed by atoms with Gasteiger partial charge in [-0.3, -0.25) is 0 Å². The SMILES string of the molecule is COc1ccc(CCNC(=O)Nc2ccc(C)c(Br)c2)cc1. The maximum Gasteiger partial charge on any atom is 0.319 e. The van der Waals surface area contributed by atoms with Crippen LogP contribution in [-0.4, -0.2) is 19.7 Å². The first-order valence-corrected chi connectivity index (χ1v) is 7.81. The molecule has 0 saturated heterocycles. The summed E-state index contributed by atoms with van der Waals surface area (Å²) in [5.41, 5.74) is 3.05. The van der Waals surface area contributed by atoms with Gasteiger partial charge in [-0.2, -0.15) is 0 Å². The van der Waals surface area contributed by atoms with Crippen LogP contribution in [-0.2, 0) is 6.42 Å². The highest BCUT2D eigenvalue weighted by molar-refractivity contribution is 9.10. The topological polar surface area (TPSA) is 50.4 Å². The van der Waals surface area contributed by atoms with Crippen LogP contribution in [0, 0.1) is 6.92 Å². The lowest BCUT2D eigenvalue weighted by Gasteiger charge is -2.09. The third-order valence-electron chi connectivity index (χ3n) is 3.29. The highest BCUT2D eigenvalue weighted by Crippen LogP contribution is 2.20. The zero-order chi connectivity index (χ0) is 15.9. The number of amides is 2. The van der Waals surface area contributed by atoms with Crippen molar-refractivity contribution in [3.05, 3.63) is 58.1 Å². The molecule has 2 N–H and O–H groups in total. The van der Waals surface area contributed by atoms with Crippen LogP contribution in [0.1, 0.15) is 11.1 Å². The highest BCUT2D eigenvalue weighted by atomic mass is 79.9. The van der Waals surface area contributed by atoms with Gasteiger partial charge in [0.1, 0.15) is 5.75 Å². The molecule has 0 spiro atoms. The van der Waals surface area contributed by atoms with Crippen LogP contribution in [0.5, 0.6) is 5.75 Å². The Kier molecular flexibility index (Phi) is 5.83. The molecule has 5 heteroatoms. The maximum atomic E-state index is 11.8. The third-order valence-corrected chi connectivity index (χ3v) is 4.14. The Morgan fingerprint density at radius 3 is 2.55 bits per heavy atom. The molecule has 0 saturated carbocycles. The van der Waals surface area contributed by atoms with Gasteiger partial charge in [0, 0.05) is 16.7 Å². The molecule has 0 aliphatic heterocycles. The number of aryl methyl sites for hydroxylation is 1. The van der Waals surface area contributed by atoms with E-state index in [0.717, 1.165) is 33.5 Å². The quantitative estimate of drug-likeness (QED) is 0.839. The van der Waals surface area contributed by atoms with Gasteiger partial charge >= 0.3 is 6.03 Å². The number of nitrogens with one attached hydrogen (secondary N) is 2. The molecule has 0 unspecified atom stereocenters. The number of carbonyl (C=O) groups excluding carboxylic acids is 1. The first-order valence-electron chi connectivity index (χ1n) is 7.02. The molecule has 0 heterocycles. The molecule has 0 bridgehead atoms. The number of benzene rings is 2. The second kappa shape index (κ2) is 7.84. The molecule has 0 aliphatic carbocycles. The summed E-state index contributed by atoms with van der Waals surface area (Å²) >= 11 is 3.45. The highest BCUT2D eigenvalue weighted by Gasteiger charge is 2.03. The van der Waals surface area contributed by atoms with Gasteiger partial charge in [0.05, 0.1) is 7.11 Å². The number of anilines is 1. The zero-order valence-electron chi connectivity index (χ0n) is 12.7. The number of halogens is 1. The van der Waals surface area contributed by atoms with Gasteiger partial charge in [0.2, 0.25) is 0 Å². The van der Waals surface area contributed by atoms with E-state index in [4.69, 9.17) is 4.74 Å². The molecule has 22 heavy (non-hydrogen) atoms. The van der Waals surface area contributed by atoms with Crippen LogP contribution >= 0.6 is 15.9 Å². The van der Waals surface area contributed by atoms with Gasteiger partial charge in [-0.25, -0.2) is 4.79 Å². The van der Waals surface area contributed by atoms with Crippen LogP contribution in [0.3, 0.4) is 0 Å². The zero-order valence-corrected chi connectivity index (χ0v) is 14.2. The molecule has 2 aromatic carbocycles. The monoisotopic (exact) mass is 362 g/mol. The fraction of sp³-hybridized carbons (Fsp3) is 0.235. The van der Waals surface area contributed by atoms with E-state index in [1.165, 1.54) is 0 Å². The maximum absolute atomic E-state index is 11.8. The number of hydrogen-bond donors (Lipinski definition) is 2. The molecule has 0 fully saturated rings. The summed E-state index contributed by atoms with van der Waals surface area (Å²) in [4.78, 5) is 11.8. The molecule has 0 aromatic heterocycles. The van der Waals surface area contributed by atoms with E-state index in [-0.39, 0.29) is 6.03 Å². The van der Waals surface area contributed by atoms with E-state index < -0.39 is 0 Å². The molecule has 116 valence electrons. The predicted octanol–water partition coefficient (Wildman–Crippen LogP) is 4.13. The largest absolute Gasteiger partial charge is 0.497 e. The number of hydrogen-bond acceptors (Lipinski definition) is 2. The summed E-state index contributed by atoms with van der Waals surface area (Å²) in [6, 6.07) is 13.3. The molecule has 0 atom stereocenters. The number of methoxy groups -OCH3 is 1. The van der Waals surface area contributed by atoms with Crippen molar-refractivity contribution in [2.24, 2.45) is 0 Å². The minimum absolute atomic E-state index is 0.204. The van der Waals surface area contributed by atoms with Crippen molar-refractivity contribution < 1.29 is 9.53 Å². The van der Waals surface area contributed by atoms with Crippen molar-refractivity contribution in [2.75, 3.05) is 19.0 Å². The number of ether oxygens (including phenoxy) is 1. The van der Waals surface area contributed by atoms with E-state index in [9.17, 15) is 4.79 Å². The van der Waals surface area contributed by atoms with Crippen molar-refractivity contribution in [1.29, 1.82) is 0 Å². The van der Waals surface area contributed by atoms with E-state index in [0.29, 0.717) is 6.54 Å². The second-order valence-corrected chi connectivity index (χ2v) is 5.80. The Morgan fingerprint density at radius 1 is 1.18 bits per heavy atom. The lowest BCUT2D eigenvalue weighted by Crippen LogP contribution is -2.30. The van der Waals surface area contributed by atoms with Crippen LogP contribution in [0.2, 0.25) is 0 Å². The van der Waals surface area contributed by atoms with Gasteiger partial charge in [0.15, 0.2) is 0 Å². The smallest absolute Gasteiger partial charge is 0.319 e. The molecule has 2 rings (SSSR count). The average Bonchev–Trinajstić information content (AvgIpc) is 2.51. The fourth-order valence-corrected chi connectivity index (χ4v) is 2.34. The molecule has 0 aliphatic rings.